The molecular weight excluding hydrogens is 420 g/mol. The van der Waals surface area contributed by atoms with Crippen LogP contribution in [0.5, 0.6) is 5.75 Å². The molecule has 0 spiro atoms. The van der Waals surface area contributed by atoms with Gasteiger partial charge in [-0.3, -0.25) is 4.79 Å². The van der Waals surface area contributed by atoms with Gasteiger partial charge in [0.1, 0.15) is 5.75 Å². The molecule has 0 aliphatic rings. The minimum Gasteiger partial charge on any atom is -0.496 e. The van der Waals surface area contributed by atoms with Crippen molar-refractivity contribution in [2.24, 2.45) is 0 Å². The lowest BCUT2D eigenvalue weighted by atomic mass is 9.87. The number of hydrogen-bond donors (Lipinski definition) is 1. The summed E-state index contributed by atoms with van der Waals surface area (Å²) in [4.78, 5) is 12.3. The predicted molar refractivity (Wildman–Crippen MR) is 130 cm³/mol. The maximum absolute atomic E-state index is 12.3. The molecule has 1 N–H and O–H groups in total. The van der Waals surface area contributed by atoms with E-state index in [2.05, 4.69) is 72.0 Å². The van der Waals surface area contributed by atoms with E-state index in [1.165, 1.54) is 17.3 Å². The topological polar surface area (TPSA) is 69.0 Å². The number of amides is 1. The van der Waals surface area contributed by atoms with Gasteiger partial charge in [0, 0.05) is 18.7 Å². The van der Waals surface area contributed by atoms with Crippen LogP contribution in [0.25, 0.3) is 11.4 Å². The van der Waals surface area contributed by atoms with Crippen molar-refractivity contribution in [1.82, 2.24) is 20.1 Å². The molecule has 0 saturated heterocycles. The van der Waals surface area contributed by atoms with Crippen LogP contribution in [0, 0.1) is 0 Å². The summed E-state index contributed by atoms with van der Waals surface area (Å²) < 4.78 is 7.42. The van der Waals surface area contributed by atoms with Crippen molar-refractivity contribution in [3.05, 3.63) is 59.7 Å². The minimum absolute atomic E-state index is 0.0216. The first-order chi connectivity index (χ1) is 15.3. The molecular formula is C25H32N4O2S. The smallest absolute Gasteiger partial charge is 0.230 e. The van der Waals surface area contributed by atoms with Gasteiger partial charge in [-0.15, -0.1) is 10.2 Å². The molecule has 0 atom stereocenters. The number of carbonyl (C=O) groups is 1. The van der Waals surface area contributed by atoms with Crippen LogP contribution in [-0.2, 0) is 23.2 Å². The number of hydrogen-bond acceptors (Lipinski definition) is 5. The molecule has 170 valence electrons. The Bertz CT molecular complexity index is 1040. The number of carbonyl (C=O) groups excluding carboxylic acids is 1. The number of aromatic nitrogens is 3. The van der Waals surface area contributed by atoms with Crippen LogP contribution < -0.4 is 10.1 Å². The summed E-state index contributed by atoms with van der Waals surface area (Å²) >= 11 is 1.41. The van der Waals surface area contributed by atoms with E-state index in [0.29, 0.717) is 12.3 Å². The fourth-order valence-corrected chi connectivity index (χ4v) is 4.27. The zero-order valence-electron chi connectivity index (χ0n) is 19.5. The Morgan fingerprint density at radius 3 is 2.47 bits per heavy atom. The molecule has 0 aliphatic heterocycles. The van der Waals surface area contributed by atoms with Gasteiger partial charge in [0.05, 0.1) is 12.9 Å². The van der Waals surface area contributed by atoms with E-state index in [0.717, 1.165) is 40.8 Å². The molecule has 6 nitrogen and oxygen atoms in total. The van der Waals surface area contributed by atoms with Crippen LogP contribution in [0.4, 0.5) is 0 Å². The maximum atomic E-state index is 12.3. The molecule has 0 aliphatic carbocycles. The van der Waals surface area contributed by atoms with Gasteiger partial charge in [0.25, 0.3) is 0 Å². The number of benzene rings is 2. The molecule has 0 fully saturated rings. The van der Waals surface area contributed by atoms with Gasteiger partial charge in [0.2, 0.25) is 5.91 Å². The van der Waals surface area contributed by atoms with E-state index in [-0.39, 0.29) is 11.3 Å². The van der Waals surface area contributed by atoms with Crippen molar-refractivity contribution >= 4 is 17.7 Å². The zero-order chi connectivity index (χ0) is 23.1. The normalized spacial score (nSPS) is 11.4. The number of nitrogens with zero attached hydrogens (tertiary/aromatic N) is 3. The fraction of sp³-hybridized carbons (Fsp3) is 0.400. The number of para-hydroxylation sites is 1. The Hall–Kier alpha value is -2.80. The quantitative estimate of drug-likeness (QED) is 0.476. The summed E-state index contributed by atoms with van der Waals surface area (Å²) in [6.45, 7) is 9.96. The largest absolute Gasteiger partial charge is 0.496 e. The Morgan fingerprint density at radius 2 is 1.81 bits per heavy atom. The van der Waals surface area contributed by atoms with E-state index >= 15 is 0 Å². The van der Waals surface area contributed by atoms with Crippen LogP contribution in [0.2, 0.25) is 0 Å². The maximum Gasteiger partial charge on any atom is 0.230 e. The van der Waals surface area contributed by atoms with Crippen molar-refractivity contribution in [3.63, 3.8) is 0 Å². The van der Waals surface area contributed by atoms with Crippen LogP contribution in [-0.4, -0.2) is 40.1 Å². The third-order valence-electron chi connectivity index (χ3n) is 5.28. The Labute approximate surface area is 194 Å². The Kier molecular flexibility index (Phi) is 7.96. The molecule has 0 unspecified atom stereocenters. The molecule has 0 saturated carbocycles. The highest BCUT2D eigenvalue weighted by atomic mass is 32.2. The molecule has 7 heteroatoms. The van der Waals surface area contributed by atoms with E-state index < -0.39 is 0 Å². The van der Waals surface area contributed by atoms with Gasteiger partial charge >= 0.3 is 0 Å². The zero-order valence-corrected chi connectivity index (χ0v) is 20.3. The second-order valence-corrected chi connectivity index (χ2v) is 9.52. The lowest BCUT2D eigenvalue weighted by Crippen LogP contribution is -2.27. The Morgan fingerprint density at radius 1 is 1.09 bits per heavy atom. The van der Waals surface area contributed by atoms with Crippen molar-refractivity contribution in [3.8, 4) is 17.1 Å². The monoisotopic (exact) mass is 452 g/mol. The lowest BCUT2D eigenvalue weighted by Gasteiger charge is -2.19. The number of methoxy groups -OCH3 is 1. The summed E-state index contributed by atoms with van der Waals surface area (Å²) in [6.07, 6.45) is 0.722. The first-order valence-corrected chi connectivity index (χ1v) is 11.9. The van der Waals surface area contributed by atoms with Crippen molar-refractivity contribution < 1.29 is 9.53 Å². The van der Waals surface area contributed by atoms with Crippen molar-refractivity contribution in [1.29, 1.82) is 0 Å². The average molecular weight is 453 g/mol. The van der Waals surface area contributed by atoms with Gasteiger partial charge in [-0.2, -0.15) is 0 Å². The van der Waals surface area contributed by atoms with E-state index in [1.54, 1.807) is 7.11 Å². The third-order valence-corrected chi connectivity index (χ3v) is 6.25. The SMILES string of the molecule is CCn1c(SCC(=O)NCCc2ccccc2OC)nnc1-c1ccc(C(C)(C)C)cc1. The average Bonchev–Trinajstić information content (AvgIpc) is 3.20. The number of nitrogens with one attached hydrogen (secondary N) is 1. The molecule has 3 aromatic rings. The van der Waals surface area contributed by atoms with Gasteiger partial charge < -0.3 is 14.6 Å². The minimum atomic E-state index is -0.0216. The lowest BCUT2D eigenvalue weighted by molar-refractivity contribution is -0.118. The number of thioether (sulfide) groups is 1. The second-order valence-electron chi connectivity index (χ2n) is 8.58. The van der Waals surface area contributed by atoms with Crippen molar-refractivity contribution in [2.75, 3.05) is 19.4 Å². The molecule has 1 aromatic heterocycles. The number of rotatable bonds is 9. The predicted octanol–water partition coefficient (Wildman–Crippen LogP) is 4.72. The van der Waals surface area contributed by atoms with Crippen LogP contribution in [0.15, 0.2) is 53.7 Å². The molecule has 2 aromatic carbocycles. The van der Waals surface area contributed by atoms with E-state index in [1.807, 2.05) is 24.3 Å². The summed E-state index contributed by atoms with van der Waals surface area (Å²) in [5, 5.41) is 12.5. The van der Waals surface area contributed by atoms with E-state index in [4.69, 9.17) is 4.74 Å². The molecule has 0 bridgehead atoms. The molecule has 32 heavy (non-hydrogen) atoms. The van der Waals surface area contributed by atoms with Crippen LogP contribution >= 0.6 is 11.8 Å². The highest BCUT2D eigenvalue weighted by molar-refractivity contribution is 7.99. The van der Waals surface area contributed by atoms with Crippen LogP contribution in [0.3, 0.4) is 0 Å². The first kappa shape index (κ1) is 23.9. The highest BCUT2D eigenvalue weighted by Crippen LogP contribution is 2.27. The summed E-state index contributed by atoms with van der Waals surface area (Å²) in [5.41, 5.74) is 3.50. The van der Waals surface area contributed by atoms with Gasteiger partial charge in [-0.25, -0.2) is 0 Å². The third kappa shape index (κ3) is 5.91. The first-order valence-electron chi connectivity index (χ1n) is 10.9. The standard InChI is InChI=1S/C25H32N4O2S/c1-6-29-23(19-11-13-20(14-12-19)25(2,3)4)27-28-24(29)32-17-22(30)26-16-15-18-9-7-8-10-21(18)31-5/h7-14H,6,15-17H2,1-5H3,(H,26,30). The summed E-state index contributed by atoms with van der Waals surface area (Å²) in [6, 6.07) is 16.3. The molecule has 3 rings (SSSR count). The molecule has 1 amide bonds. The molecule has 1 heterocycles. The van der Waals surface area contributed by atoms with Gasteiger partial charge in [-0.1, -0.05) is 75.0 Å². The Balaban J connectivity index is 1.57. The number of ether oxygens (including phenoxy) is 1. The highest BCUT2D eigenvalue weighted by Gasteiger charge is 2.17. The van der Waals surface area contributed by atoms with E-state index in [9.17, 15) is 4.79 Å². The van der Waals surface area contributed by atoms with Crippen LogP contribution in [0.1, 0.15) is 38.8 Å². The summed E-state index contributed by atoms with van der Waals surface area (Å²) in [7, 11) is 1.66. The second kappa shape index (κ2) is 10.7. The summed E-state index contributed by atoms with van der Waals surface area (Å²) in [5.74, 6) is 1.95. The fourth-order valence-electron chi connectivity index (χ4n) is 3.44. The van der Waals surface area contributed by atoms with Gasteiger partial charge in [-0.05, 0) is 36.0 Å². The van der Waals surface area contributed by atoms with Crippen molar-refractivity contribution in [2.45, 2.75) is 51.2 Å². The molecule has 0 radical (unpaired) electrons. The van der Waals surface area contributed by atoms with Gasteiger partial charge in [0.15, 0.2) is 11.0 Å².